The first-order valence-electron chi connectivity index (χ1n) is 6.11. The van der Waals surface area contributed by atoms with Crippen LogP contribution in [0.15, 0.2) is 0 Å². The molecule has 0 aliphatic carbocycles. The zero-order valence-electron chi connectivity index (χ0n) is 11.3. The molecule has 1 heterocycles. The second-order valence-corrected chi connectivity index (χ2v) is 4.03. The third-order valence-electron chi connectivity index (χ3n) is 2.76. The van der Waals surface area contributed by atoms with Crippen LogP contribution in [-0.4, -0.2) is 48.5 Å². The first-order valence-corrected chi connectivity index (χ1v) is 6.11. The summed E-state index contributed by atoms with van der Waals surface area (Å²) in [6.07, 6.45) is 0.731. The fourth-order valence-corrected chi connectivity index (χ4v) is 1.68. The number of aromatic nitrogens is 2. The van der Waals surface area contributed by atoms with Crippen LogP contribution < -0.4 is 10.6 Å². The van der Waals surface area contributed by atoms with Crippen molar-refractivity contribution >= 4 is 11.6 Å². The number of hydrogen-bond acceptors (Lipinski definition) is 6. The van der Waals surface area contributed by atoms with Crippen LogP contribution >= 0.6 is 0 Å². The van der Waals surface area contributed by atoms with E-state index in [1.54, 1.807) is 7.11 Å². The molecule has 3 N–H and O–H groups in total. The van der Waals surface area contributed by atoms with Crippen molar-refractivity contribution in [3.63, 3.8) is 0 Å². The van der Waals surface area contributed by atoms with Gasteiger partial charge in [0, 0.05) is 32.2 Å². The van der Waals surface area contributed by atoms with E-state index in [0.29, 0.717) is 31.3 Å². The first-order chi connectivity index (χ1) is 8.63. The van der Waals surface area contributed by atoms with Crippen LogP contribution in [0, 0.1) is 6.92 Å². The third-order valence-corrected chi connectivity index (χ3v) is 2.76. The predicted octanol–water partition coefficient (Wildman–Crippen LogP) is 0.375. The van der Waals surface area contributed by atoms with E-state index in [9.17, 15) is 0 Å². The molecule has 1 aromatic heterocycles. The number of hydrogen-bond donors (Lipinski definition) is 2. The molecule has 1 aromatic rings. The van der Waals surface area contributed by atoms with Crippen molar-refractivity contribution in [2.24, 2.45) is 0 Å². The summed E-state index contributed by atoms with van der Waals surface area (Å²) in [5, 5.41) is 9.13. The van der Waals surface area contributed by atoms with Gasteiger partial charge in [0.25, 0.3) is 0 Å². The van der Waals surface area contributed by atoms with E-state index < -0.39 is 0 Å². The summed E-state index contributed by atoms with van der Waals surface area (Å²) in [4.78, 5) is 10.7. The second kappa shape index (κ2) is 7.13. The van der Waals surface area contributed by atoms with Gasteiger partial charge in [-0.3, -0.25) is 0 Å². The number of nitrogens with two attached hydrogens (primary N) is 1. The summed E-state index contributed by atoms with van der Waals surface area (Å²) in [6, 6.07) is 0. The molecule has 0 saturated carbocycles. The molecule has 0 unspecified atom stereocenters. The summed E-state index contributed by atoms with van der Waals surface area (Å²) in [5.41, 5.74) is 6.73. The maximum Gasteiger partial charge on any atom is 0.137 e. The Kier molecular flexibility index (Phi) is 5.80. The van der Waals surface area contributed by atoms with Crippen LogP contribution in [0.4, 0.5) is 11.6 Å². The zero-order valence-corrected chi connectivity index (χ0v) is 11.3. The van der Waals surface area contributed by atoms with Crippen LogP contribution in [0.2, 0.25) is 0 Å². The average Bonchev–Trinajstić information content (AvgIpc) is 2.37. The Morgan fingerprint density at radius 1 is 1.33 bits per heavy atom. The van der Waals surface area contributed by atoms with Gasteiger partial charge in [-0.2, -0.15) is 0 Å². The molecule has 18 heavy (non-hydrogen) atoms. The van der Waals surface area contributed by atoms with Gasteiger partial charge in [-0.05, 0) is 6.92 Å². The number of anilines is 2. The topological polar surface area (TPSA) is 84.5 Å². The van der Waals surface area contributed by atoms with Crippen molar-refractivity contribution in [3.05, 3.63) is 11.4 Å². The van der Waals surface area contributed by atoms with Crippen molar-refractivity contribution in [1.82, 2.24) is 9.97 Å². The first kappa shape index (κ1) is 14.7. The molecule has 0 radical (unpaired) electrons. The Hall–Kier alpha value is -1.40. The molecule has 6 heteroatoms. The van der Waals surface area contributed by atoms with Gasteiger partial charge in [-0.1, -0.05) is 6.92 Å². The van der Waals surface area contributed by atoms with Crippen molar-refractivity contribution in [2.75, 3.05) is 44.0 Å². The summed E-state index contributed by atoms with van der Waals surface area (Å²) in [5.74, 6) is 2.00. The summed E-state index contributed by atoms with van der Waals surface area (Å²) in [7, 11) is 1.65. The highest BCUT2D eigenvalue weighted by atomic mass is 16.5. The Morgan fingerprint density at radius 3 is 2.61 bits per heavy atom. The molecule has 0 bridgehead atoms. The fraction of sp³-hybridized carbons (Fsp3) is 0.667. The summed E-state index contributed by atoms with van der Waals surface area (Å²) in [6.45, 7) is 5.68. The van der Waals surface area contributed by atoms with Crippen LogP contribution in [0.3, 0.4) is 0 Å². The molecular formula is C12H22N4O2. The second-order valence-electron chi connectivity index (χ2n) is 4.03. The van der Waals surface area contributed by atoms with Gasteiger partial charge in [0.15, 0.2) is 0 Å². The van der Waals surface area contributed by atoms with E-state index in [1.165, 1.54) is 0 Å². The van der Waals surface area contributed by atoms with E-state index >= 15 is 0 Å². The molecule has 0 amide bonds. The highest BCUT2D eigenvalue weighted by Crippen LogP contribution is 2.21. The summed E-state index contributed by atoms with van der Waals surface area (Å²) < 4.78 is 5.07. The van der Waals surface area contributed by atoms with Crippen molar-refractivity contribution in [1.29, 1.82) is 0 Å². The molecule has 0 aromatic carbocycles. The Bertz CT molecular complexity index is 385. The standard InChI is InChI=1S/C12H22N4O2/c1-4-10-14-11(13)9(2)12(15-10)16(5-7-17)6-8-18-3/h17H,4-8H2,1-3H3,(H2,13,14,15). The minimum Gasteiger partial charge on any atom is -0.395 e. The molecule has 1 rings (SSSR count). The van der Waals surface area contributed by atoms with Gasteiger partial charge in [0.05, 0.1) is 13.2 Å². The number of ether oxygens (including phenoxy) is 1. The molecular weight excluding hydrogens is 232 g/mol. The molecule has 0 spiro atoms. The molecule has 0 fully saturated rings. The number of aliphatic hydroxyl groups is 1. The predicted molar refractivity (Wildman–Crippen MR) is 71.7 cm³/mol. The number of nitrogen functional groups attached to an aromatic ring is 1. The highest BCUT2D eigenvalue weighted by Gasteiger charge is 2.14. The van der Waals surface area contributed by atoms with E-state index in [0.717, 1.165) is 17.8 Å². The van der Waals surface area contributed by atoms with Gasteiger partial charge in [-0.15, -0.1) is 0 Å². The largest absolute Gasteiger partial charge is 0.395 e. The number of nitrogens with zero attached hydrogens (tertiary/aromatic N) is 3. The van der Waals surface area contributed by atoms with Gasteiger partial charge < -0.3 is 20.5 Å². The molecule has 0 saturated heterocycles. The van der Waals surface area contributed by atoms with Gasteiger partial charge in [0.1, 0.15) is 17.5 Å². The van der Waals surface area contributed by atoms with Crippen LogP contribution in [-0.2, 0) is 11.2 Å². The van der Waals surface area contributed by atoms with E-state index in [2.05, 4.69) is 9.97 Å². The van der Waals surface area contributed by atoms with Crippen LogP contribution in [0.1, 0.15) is 18.3 Å². The van der Waals surface area contributed by atoms with Crippen molar-refractivity contribution in [2.45, 2.75) is 20.3 Å². The number of methoxy groups -OCH3 is 1. The van der Waals surface area contributed by atoms with E-state index in [-0.39, 0.29) is 6.61 Å². The molecule has 0 atom stereocenters. The molecule has 6 nitrogen and oxygen atoms in total. The molecule has 102 valence electrons. The lowest BCUT2D eigenvalue weighted by Crippen LogP contribution is -2.32. The van der Waals surface area contributed by atoms with Gasteiger partial charge in [0.2, 0.25) is 0 Å². The Balaban J connectivity index is 3.04. The summed E-state index contributed by atoms with van der Waals surface area (Å²) >= 11 is 0. The molecule has 0 aliphatic rings. The SMILES string of the molecule is CCc1nc(N)c(C)c(N(CCO)CCOC)n1. The number of rotatable bonds is 7. The van der Waals surface area contributed by atoms with Gasteiger partial charge >= 0.3 is 0 Å². The fourth-order valence-electron chi connectivity index (χ4n) is 1.68. The zero-order chi connectivity index (χ0) is 13.5. The van der Waals surface area contributed by atoms with Crippen LogP contribution in [0.25, 0.3) is 0 Å². The monoisotopic (exact) mass is 254 g/mol. The average molecular weight is 254 g/mol. The smallest absolute Gasteiger partial charge is 0.137 e. The van der Waals surface area contributed by atoms with E-state index in [4.69, 9.17) is 15.6 Å². The number of aliphatic hydroxyl groups excluding tert-OH is 1. The highest BCUT2D eigenvalue weighted by molar-refractivity contribution is 5.56. The lowest BCUT2D eigenvalue weighted by molar-refractivity contribution is 0.202. The van der Waals surface area contributed by atoms with Crippen molar-refractivity contribution < 1.29 is 9.84 Å². The lowest BCUT2D eigenvalue weighted by Gasteiger charge is -2.24. The normalized spacial score (nSPS) is 10.7. The quantitative estimate of drug-likeness (QED) is 0.731. The third kappa shape index (κ3) is 3.54. The Labute approximate surface area is 108 Å². The number of aryl methyl sites for hydroxylation is 1. The van der Waals surface area contributed by atoms with Crippen LogP contribution in [0.5, 0.6) is 0 Å². The van der Waals surface area contributed by atoms with Crippen molar-refractivity contribution in [3.8, 4) is 0 Å². The maximum absolute atomic E-state index is 9.13. The Morgan fingerprint density at radius 2 is 2.06 bits per heavy atom. The lowest BCUT2D eigenvalue weighted by atomic mass is 10.2. The van der Waals surface area contributed by atoms with Gasteiger partial charge in [-0.25, -0.2) is 9.97 Å². The molecule has 0 aliphatic heterocycles. The van der Waals surface area contributed by atoms with E-state index in [1.807, 2.05) is 18.7 Å². The maximum atomic E-state index is 9.13. The minimum atomic E-state index is 0.0640. The minimum absolute atomic E-state index is 0.0640.